The van der Waals surface area contributed by atoms with Crippen molar-refractivity contribution < 1.29 is 9.21 Å². The van der Waals surface area contributed by atoms with E-state index >= 15 is 0 Å². The van der Waals surface area contributed by atoms with E-state index < -0.39 is 0 Å². The van der Waals surface area contributed by atoms with E-state index in [1.807, 2.05) is 35.2 Å². The molecule has 24 heavy (non-hydrogen) atoms. The largest absolute Gasteiger partial charge is 0.457 e. The fourth-order valence-corrected chi connectivity index (χ4v) is 3.56. The van der Waals surface area contributed by atoms with E-state index in [9.17, 15) is 4.79 Å². The molecule has 4 nitrogen and oxygen atoms in total. The molecule has 126 valence electrons. The van der Waals surface area contributed by atoms with E-state index in [0.29, 0.717) is 17.4 Å². The van der Waals surface area contributed by atoms with Gasteiger partial charge in [-0.15, -0.1) is 0 Å². The zero-order valence-electron chi connectivity index (χ0n) is 13.7. The molecule has 0 aliphatic carbocycles. The molecule has 0 saturated carbocycles. The Labute approximate surface area is 150 Å². The summed E-state index contributed by atoms with van der Waals surface area (Å²) < 4.78 is 6.70. The Hall–Kier alpha value is -2.01. The number of hydrogen-bond acceptors (Lipinski definition) is 3. The summed E-state index contributed by atoms with van der Waals surface area (Å²) in [5, 5.41) is 0. The highest BCUT2D eigenvalue weighted by molar-refractivity contribution is 9.10. The molecule has 3 rings (SSSR count). The monoisotopic (exact) mass is 388 g/mol. The quantitative estimate of drug-likeness (QED) is 0.618. The molecule has 0 radical (unpaired) electrons. The number of amides is 1. The molecule has 1 atom stereocenters. The van der Waals surface area contributed by atoms with Crippen molar-refractivity contribution >= 4 is 33.6 Å². The molecular formula is C19H21BrN2O2. The molecule has 1 aromatic heterocycles. The van der Waals surface area contributed by atoms with Gasteiger partial charge in [0.25, 0.3) is 0 Å². The van der Waals surface area contributed by atoms with E-state index in [2.05, 4.69) is 22.9 Å². The minimum atomic E-state index is 0.0492. The van der Waals surface area contributed by atoms with Crippen molar-refractivity contribution in [2.75, 3.05) is 18.8 Å². The van der Waals surface area contributed by atoms with Crippen molar-refractivity contribution in [3.8, 4) is 11.3 Å². The van der Waals surface area contributed by atoms with Gasteiger partial charge >= 0.3 is 0 Å². The molecule has 1 aliphatic rings. The van der Waals surface area contributed by atoms with Crippen molar-refractivity contribution in [3.05, 3.63) is 46.6 Å². The molecule has 2 aromatic rings. The Bertz CT molecular complexity index is 766. The number of anilines is 1. The molecule has 0 bridgehead atoms. The third-order valence-electron chi connectivity index (χ3n) is 4.24. The first-order valence-electron chi connectivity index (χ1n) is 8.15. The van der Waals surface area contributed by atoms with E-state index in [-0.39, 0.29) is 5.91 Å². The second kappa shape index (κ2) is 7.26. The standard InChI is InChI=1S/C19H21BrN2O2/c1-13-3-2-10-22(12-13)19(23)9-6-15-5-8-18(24-15)16-7-4-14(21)11-17(16)20/h4-9,11,13H,2-3,10,12,21H2,1H3/b9-6+. The number of nitrogen functional groups attached to an aromatic ring is 1. The van der Waals surface area contributed by atoms with Crippen molar-refractivity contribution in [1.29, 1.82) is 0 Å². The number of carbonyl (C=O) groups is 1. The molecule has 1 unspecified atom stereocenters. The van der Waals surface area contributed by atoms with Gasteiger partial charge in [-0.2, -0.15) is 0 Å². The number of hydrogen-bond donors (Lipinski definition) is 1. The van der Waals surface area contributed by atoms with Gasteiger partial charge in [-0.1, -0.05) is 6.92 Å². The minimum Gasteiger partial charge on any atom is -0.457 e. The fraction of sp³-hybridized carbons (Fsp3) is 0.316. The summed E-state index contributed by atoms with van der Waals surface area (Å²) in [4.78, 5) is 14.2. The Balaban J connectivity index is 1.70. The number of benzene rings is 1. The lowest BCUT2D eigenvalue weighted by Crippen LogP contribution is -2.38. The molecule has 1 fully saturated rings. The number of halogens is 1. The highest BCUT2D eigenvalue weighted by atomic mass is 79.9. The van der Waals surface area contributed by atoms with Crippen LogP contribution in [0.3, 0.4) is 0 Å². The third-order valence-corrected chi connectivity index (χ3v) is 4.90. The van der Waals surface area contributed by atoms with Crippen LogP contribution in [0.4, 0.5) is 5.69 Å². The van der Waals surface area contributed by atoms with Gasteiger partial charge in [-0.3, -0.25) is 4.79 Å². The van der Waals surface area contributed by atoms with E-state index in [0.717, 1.165) is 35.3 Å². The van der Waals surface area contributed by atoms with Crippen LogP contribution in [0.25, 0.3) is 17.4 Å². The maximum Gasteiger partial charge on any atom is 0.246 e. The Morgan fingerprint density at radius 3 is 2.96 bits per heavy atom. The van der Waals surface area contributed by atoms with Crippen LogP contribution in [-0.2, 0) is 4.79 Å². The van der Waals surface area contributed by atoms with Gasteiger partial charge in [0.15, 0.2) is 0 Å². The predicted octanol–water partition coefficient (Wildman–Crippen LogP) is 4.56. The lowest BCUT2D eigenvalue weighted by Gasteiger charge is -2.29. The van der Waals surface area contributed by atoms with Gasteiger partial charge in [-0.05, 0) is 71.1 Å². The number of piperidine rings is 1. The average Bonchev–Trinajstić information content (AvgIpc) is 3.01. The lowest BCUT2D eigenvalue weighted by molar-refractivity contribution is -0.127. The Morgan fingerprint density at radius 2 is 2.21 bits per heavy atom. The average molecular weight is 389 g/mol. The van der Waals surface area contributed by atoms with Crippen molar-refractivity contribution in [1.82, 2.24) is 4.90 Å². The Kier molecular flexibility index (Phi) is 5.09. The summed E-state index contributed by atoms with van der Waals surface area (Å²) in [5.41, 5.74) is 7.38. The molecule has 0 spiro atoms. The van der Waals surface area contributed by atoms with Crippen LogP contribution in [0.2, 0.25) is 0 Å². The number of nitrogens with two attached hydrogens (primary N) is 1. The van der Waals surface area contributed by atoms with Gasteiger partial charge < -0.3 is 15.1 Å². The highest BCUT2D eigenvalue weighted by Gasteiger charge is 2.19. The summed E-state index contributed by atoms with van der Waals surface area (Å²) in [6.45, 7) is 3.87. The van der Waals surface area contributed by atoms with Crippen LogP contribution in [0.5, 0.6) is 0 Å². The van der Waals surface area contributed by atoms with Crippen LogP contribution in [0, 0.1) is 5.92 Å². The van der Waals surface area contributed by atoms with Gasteiger partial charge in [0.2, 0.25) is 5.91 Å². The lowest BCUT2D eigenvalue weighted by atomic mass is 10.0. The smallest absolute Gasteiger partial charge is 0.246 e. The predicted molar refractivity (Wildman–Crippen MR) is 100 cm³/mol. The number of nitrogens with zero attached hydrogens (tertiary/aromatic N) is 1. The Morgan fingerprint density at radius 1 is 1.38 bits per heavy atom. The van der Waals surface area contributed by atoms with Crippen LogP contribution in [0.1, 0.15) is 25.5 Å². The molecule has 1 saturated heterocycles. The zero-order chi connectivity index (χ0) is 17.1. The summed E-state index contributed by atoms with van der Waals surface area (Å²) in [6.07, 6.45) is 5.61. The third kappa shape index (κ3) is 3.90. The van der Waals surface area contributed by atoms with Crippen LogP contribution < -0.4 is 5.73 Å². The maximum atomic E-state index is 12.3. The van der Waals surface area contributed by atoms with Gasteiger partial charge in [0.05, 0.1) is 0 Å². The number of furan rings is 1. The fourth-order valence-electron chi connectivity index (χ4n) is 2.97. The van der Waals surface area contributed by atoms with Crippen LogP contribution >= 0.6 is 15.9 Å². The zero-order valence-corrected chi connectivity index (χ0v) is 15.3. The molecule has 1 amide bonds. The first kappa shape index (κ1) is 16.8. The van der Waals surface area contributed by atoms with Gasteiger partial charge in [-0.25, -0.2) is 0 Å². The van der Waals surface area contributed by atoms with Crippen LogP contribution in [0.15, 0.2) is 45.3 Å². The molecule has 2 N–H and O–H groups in total. The minimum absolute atomic E-state index is 0.0492. The van der Waals surface area contributed by atoms with Crippen LogP contribution in [-0.4, -0.2) is 23.9 Å². The van der Waals surface area contributed by atoms with E-state index in [1.165, 1.54) is 6.42 Å². The maximum absolute atomic E-state index is 12.3. The molecule has 5 heteroatoms. The number of carbonyl (C=O) groups excluding carboxylic acids is 1. The number of rotatable bonds is 3. The molecule has 2 heterocycles. The first-order valence-corrected chi connectivity index (χ1v) is 8.94. The summed E-state index contributed by atoms with van der Waals surface area (Å²) >= 11 is 3.49. The molecular weight excluding hydrogens is 368 g/mol. The van der Waals surface area contributed by atoms with Crippen molar-refractivity contribution in [3.63, 3.8) is 0 Å². The SMILES string of the molecule is CC1CCCN(C(=O)/C=C/c2ccc(-c3ccc(N)cc3Br)o2)C1. The summed E-state index contributed by atoms with van der Waals surface area (Å²) in [7, 11) is 0. The van der Waals surface area contributed by atoms with Crippen molar-refractivity contribution in [2.45, 2.75) is 19.8 Å². The highest BCUT2D eigenvalue weighted by Crippen LogP contribution is 2.31. The second-order valence-corrected chi connectivity index (χ2v) is 7.16. The molecule has 1 aliphatic heterocycles. The molecule has 1 aromatic carbocycles. The van der Waals surface area contributed by atoms with Crippen molar-refractivity contribution in [2.24, 2.45) is 5.92 Å². The first-order chi connectivity index (χ1) is 11.5. The second-order valence-electron chi connectivity index (χ2n) is 6.31. The van der Waals surface area contributed by atoms with Gasteiger partial charge in [0.1, 0.15) is 11.5 Å². The topological polar surface area (TPSA) is 59.5 Å². The summed E-state index contributed by atoms with van der Waals surface area (Å²) in [6, 6.07) is 9.34. The normalized spacial score (nSPS) is 18.2. The van der Waals surface area contributed by atoms with Gasteiger partial charge in [0, 0.05) is 34.9 Å². The van der Waals surface area contributed by atoms with E-state index in [4.69, 9.17) is 10.2 Å². The van der Waals surface area contributed by atoms with E-state index in [1.54, 1.807) is 12.2 Å². The number of likely N-dealkylation sites (tertiary alicyclic amines) is 1. The summed E-state index contributed by atoms with van der Waals surface area (Å²) in [5.74, 6) is 2.02.